The Morgan fingerprint density at radius 1 is 0.657 bits per heavy atom. The quantitative estimate of drug-likeness (QED) is 0.486. The molecule has 0 saturated carbocycles. The molecule has 1 heterocycles. The lowest BCUT2D eigenvalue weighted by Crippen LogP contribution is -2.45. The van der Waals surface area contributed by atoms with Crippen molar-refractivity contribution in [3.63, 3.8) is 0 Å². The van der Waals surface area contributed by atoms with Crippen molar-refractivity contribution in [3.8, 4) is 0 Å². The van der Waals surface area contributed by atoms with E-state index in [0.717, 1.165) is 11.1 Å². The van der Waals surface area contributed by atoms with Gasteiger partial charge >= 0.3 is 23.9 Å². The maximum Gasteiger partial charge on any atom is 0.349 e. The van der Waals surface area contributed by atoms with E-state index in [4.69, 9.17) is 9.47 Å². The van der Waals surface area contributed by atoms with Crippen LogP contribution in [-0.2, 0) is 19.1 Å². The fourth-order valence-electron chi connectivity index (χ4n) is 2.68. The molecule has 2 unspecified atom stereocenters. The molecule has 0 amide bonds. The van der Waals surface area contributed by atoms with Gasteiger partial charge in [0.15, 0.2) is 0 Å². The molecule has 3 aromatic rings. The smallest absolute Gasteiger partial charge is 0.349 e. The minimum Gasteiger partial charge on any atom is -0.478 e. The van der Waals surface area contributed by atoms with E-state index in [2.05, 4.69) is 4.98 Å². The molecular formula is C26H25NO8. The summed E-state index contributed by atoms with van der Waals surface area (Å²) in [7, 11) is 0. The van der Waals surface area contributed by atoms with Crippen LogP contribution in [0.3, 0.4) is 0 Å². The number of hydrogen-bond acceptors (Lipinski definition) is 7. The van der Waals surface area contributed by atoms with Gasteiger partial charge < -0.3 is 19.7 Å². The maximum atomic E-state index is 12.2. The van der Waals surface area contributed by atoms with E-state index >= 15 is 0 Å². The third-order valence-corrected chi connectivity index (χ3v) is 4.61. The summed E-state index contributed by atoms with van der Waals surface area (Å²) in [5, 5.41) is 18.6. The second kappa shape index (κ2) is 12.6. The van der Waals surface area contributed by atoms with Crippen LogP contribution < -0.4 is 0 Å². The van der Waals surface area contributed by atoms with Crippen LogP contribution >= 0.6 is 0 Å². The molecule has 0 saturated heterocycles. The van der Waals surface area contributed by atoms with E-state index in [1.807, 2.05) is 25.3 Å². The van der Waals surface area contributed by atoms with Gasteiger partial charge in [0.2, 0.25) is 12.2 Å². The lowest BCUT2D eigenvalue weighted by atomic mass is 10.1. The molecule has 3 rings (SSSR count). The van der Waals surface area contributed by atoms with E-state index in [-0.39, 0.29) is 11.1 Å². The first-order chi connectivity index (χ1) is 16.6. The van der Waals surface area contributed by atoms with Crippen molar-refractivity contribution in [2.24, 2.45) is 0 Å². The minimum absolute atomic E-state index is 0.0332. The van der Waals surface area contributed by atoms with Crippen LogP contribution in [0.1, 0.15) is 37.4 Å². The van der Waals surface area contributed by atoms with Crippen molar-refractivity contribution in [3.05, 3.63) is 101 Å². The van der Waals surface area contributed by atoms with Gasteiger partial charge in [0, 0.05) is 12.4 Å². The van der Waals surface area contributed by atoms with Crippen LogP contribution in [0.25, 0.3) is 0 Å². The van der Waals surface area contributed by atoms with E-state index < -0.39 is 36.1 Å². The van der Waals surface area contributed by atoms with Gasteiger partial charge in [-0.05, 0) is 56.7 Å². The summed E-state index contributed by atoms with van der Waals surface area (Å²) < 4.78 is 9.64. The molecule has 9 heteroatoms. The first-order valence-electron chi connectivity index (χ1n) is 10.5. The van der Waals surface area contributed by atoms with E-state index in [1.165, 1.54) is 29.8 Å². The average molecular weight is 479 g/mol. The Morgan fingerprint density at radius 3 is 1.31 bits per heavy atom. The summed E-state index contributed by atoms with van der Waals surface area (Å²) in [5.41, 5.74) is 3.00. The largest absolute Gasteiger partial charge is 0.478 e. The number of benzene rings is 2. The Bertz CT molecular complexity index is 1080. The van der Waals surface area contributed by atoms with Crippen LogP contribution in [0, 0.1) is 20.8 Å². The van der Waals surface area contributed by atoms with Crippen LogP contribution in [-0.4, -0.2) is 51.3 Å². The first kappa shape index (κ1) is 26.7. The highest BCUT2D eigenvalue weighted by Gasteiger charge is 2.41. The van der Waals surface area contributed by atoms with Crippen LogP contribution in [0.2, 0.25) is 0 Å². The molecule has 182 valence electrons. The van der Waals surface area contributed by atoms with Gasteiger partial charge in [-0.15, -0.1) is 0 Å². The molecule has 0 radical (unpaired) electrons. The Kier molecular flexibility index (Phi) is 9.65. The number of aromatic nitrogens is 1. The van der Waals surface area contributed by atoms with Gasteiger partial charge in [-0.1, -0.05) is 41.5 Å². The number of carbonyl (C=O) groups is 4. The molecule has 2 N–H and O–H groups in total. The molecule has 35 heavy (non-hydrogen) atoms. The van der Waals surface area contributed by atoms with Crippen molar-refractivity contribution in [2.75, 3.05) is 0 Å². The lowest BCUT2D eigenvalue weighted by Gasteiger charge is -2.21. The Hall–Kier alpha value is -4.53. The fourth-order valence-corrected chi connectivity index (χ4v) is 2.68. The number of carbonyl (C=O) groups excluding carboxylic acids is 2. The van der Waals surface area contributed by atoms with Crippen molar-refractivity contribution >= 4 is 23.9 Å². The number of rotatable bonds is 7. The molecule has 0 fully saturated rings. The number of carboxylic acid groups (broad SMARTS) is 2. The molecule has 2 aromatic carbocycles. The molecule has 9 nitrogen and oxygen atoms in total. The second-order valence-electron chi connectivity index (χ2n) is 7.59. The number of aryl methyl sites for hydroxylation is 3. The van der Waals surface area contributed by atoms with E-state index in [1.54, 1.807) is 44.3 Å². The average Bonchev–Trinajstić information content (AvgIpc) is 2.82. The summed E-state index contributed by atoms with van der Waals surface area (Å²) >= 11 is 0. The topological polar surface area (TPSA) is 140 Å². The summed E-state index contributed by atoms with van der Waals surface area (Å²) in [6.45, 7) is 5.60. The van der Waals surface area contributed by atoms with E-state index in [9.17, 15) is 29.4 Å². The monoisotopic (exact) mass is 479 g/mol. The molecule has 0 aliphatic carbocycles. The Labute approximate surface area is 202 Å². The van der Waals surface area contributed by atoms with Gasteiger partial charge in [0.25, 0.3) is 0 Å². The van der Waals surface area contributed by atoms with Gasteiger partial charge in [-0.25, -0.2) is 19.2 Å². The van der Waals surface area contributed by atoms with Crippen molar-refractivity contribution in [2.45, 2.75) is 33.0 Å². The minimum atomic E-state index is -2.22. The summed E-state index contributed by atoms with van der Waals surface area (Å²) in [5.74, 6) is -5.62. The Balaban J connectivity index is 0.000000527. The van der Waals surface area contributed by atoms with Crippen molar-refractivity contribution < 1.29 is 38.9 Å². The number of ether oxygens (including phenoxy) is 2. The number of carboxylic acids is 2. The van der Waals surface area contributed by atoms with Crippen molar-refractivity contribution in [1.82, 2.24) is 4.98 Å². The van der Waals surface area contributed by atoms with Gasteiger partial charge in [-0.2, -0.15) is 0 Å². The molecule has 0 spiro atoms. The van der Waals surface area contributed by atoms with Gasteiger partial charge in [0.05, 0.1) is 11.1 Å². The molecule has 2 atom stereocenters. The number of hydrogen-bond donors (Lipinski definition) is 2. The summed E-state index contributed by atoms with van der Waals surface area (Å²) in [6, 6.07) is 16.0. The highest BCUT2D eigenvalue weighted by atomic mass is 16.6. The van der Waals surface area contributed by atoms with Gasteiger partial charge in [-0.3, -0.25) is 4.98 Å². The third-order valence-electron chi connectivity index (χ3n) is 4.61. The Morgan fingerprint density at radius 2 is 1.06 bits per heavy atom. The summed E-state index contributed by atoms with van der Waals surface area (Å²) in [4.78, 5) is 51.2. The molecule has 1 aromatic heterocycles. The third kappa shape index (κ3) is 8.39. The van der Waals surface area contributed by atoms with Crippen LogP contribution in [0.4, 0.5) is 0 Å². The highest BCUT2D eigenvalue weighted by Crippen LogP contribution is 2.14. The molecule has 0 aliphatic heterocycles. The maximum absolute atomic E-state index is 12.2. The van der Waals surface area contributed by atoms with Crippen LogP contribution in [0.15, 0.2) is 73.1 Å². The lowest BCUT2D eigenvalue weighted by molar-refractivity contribution is -0.166. The summed E-state index contributed by atoms with van der Waals surface area (Å²) in [6.07, 6.45) is -0.839. The van der Waals surface area contributed by atoms with E-state index in [0.29, 0.717) is 0 Å². The highest BCUT2D eigenvalue weighted by molar-refractivity contribution is 5.95. The van der Waals surface area contributed by atoms with Gasteiger partial charge in [0.1, 0.15) is 0 Å². The zero-order valence-electron chi connectivity index (χ0n) is 19.4. The van der Waals surface area contributed by atoms with Crippen molar-refractivity contribution in [1.29, 1.82) is 0 Å². The van der Waals surface area contributed by atoms with Crippen LogP contribution in [0.5, 0.6) is 0 Å². The zero-order valence-corrected chi connectivity index (χ0v) is 19.4. The molecular weight excluding hydrogens is 454 g/mol. The normalized spacial score (nSPS) is 11.7. The number of pyridine rings is 1. The predicted octanol–water partition coefficient (Wildman–Crippen LogP) is 3.61. The fraction of sp³-hybridized carbons (Fsp3) is 0.192. The first-order valence-corrected chi connectivity index (χ1v) is 10.5. The number of nitrogens with zero attached hydrogens (tertiary/aromatic N) is 1. The zero-order chi connectivity index (χ0) is 26.0. The number of esters is 2. The molecule has 0 bridgehead atoms. The second-order valence-corrected chi connectivity index (χ2v) is 7.59. The molecule has 0 aliphatic rings. The SMILES string of the molecule is Cc1ccc(C(=O)OC(C(=O)O)C(OC(=O)c2ccc(C)cc2)C(=O)O)cc1.Cc1cccnc1. The predicted molar refractivity (Wildman–Crippen MR) is 125 cm³/mol. The number of aliphatic carboxylic acids is 2. The standard InChI is InChI=1S/C20H18O8.C6H7N/c1-11-3-7-13(8-4-11)19(25)27-15(17(21)22)16(18(23)24)28-20(26)14-9-5-12(2)6-10-14;1-6-3-2-4-7-5-6/h3-10,15-16H,1-2H3,(H,21,22)(H,23,24);2-5H,1H3.